The number of fused-ring (bicyclic) bond motifs is 1. The van der Waals surface area contributed by atoms with Gasteiger partial charge in [-0.1, -0.05) is 24.3 Å². The van der Waals surface area contributed by atoms with Crippen molar-refractivity contribution < 1.29 is 9.53 Å². The third-order valence-corrected chi connectivity index (χ3v) is 2.84. The van der Waals surface area contributed by atoms with Crippen molar-refractivity contribution in [3.05, 3.63) is 52.5 Å². The van der Waals surface area contributed by atoms with Crippen molar-refractivity contribution >= 4 is 22.9 Å². The molecule has 22 heavy (non-hydrogen) atoms. The molecule has 0 aliphatic heterocycles. The van der Waals surface area contributed by atoms with Gasteiger partial charge in [0.1, 0.15) is 5.60 Å². The van der Waals surface area contributed by atoms with Crippen LogP contribution in [-0.4, -0.2) is 23.2 Å². The second-order valence-electron chi connectivity index (χ2n) is 5.97. The van der Waals surface area contributed by atoms with Crippen LogP contribution in [0.25, 0.3) is 16.8 Å². The summed E-state index contributed by atoms with van der Waals surface area (Å²) in [6, 6.07) is 7.37. The summed E-state index contributed by atoms with van der Waals surface area (Å²) >= 11 is 0. The van der Waals surface area contributed by atoms with Crippen LogP contribution >= 0.6 is 0 Å². The predicted molar refractivity (Wildman–Crippen MR) is 87.8 cm³/mol. The largest absolute Gasteiger partial charge is 0.444 e. The van der Waals surface area contributed by atoms with Gasteiger partial charge in [-0.25, -0.2) is 4.79 Å². The molecule has 1 aromatic heterocycles. The molecule has 5 nitrogen and oxygen atoms in total. The summed E-state index contributed by atoms with van der Waals surface area (Å²) in [7, 11) is 0. The van der Waals surface area contributed by atoms with Crippen LogP contribution in [0.5, 0.6) is 0 Å². The molecule has 0 saturated heterocycles. The Balaban J connectivity index is 1.96. The molecule has 1 aromatic carbocycles. The topological polar surface area (TPSA) is 71.2 Å². The van der Waals surface area contributed by atoms with E-state index in [2.05, 4.69) is 10.3 Å². The smallest absolute Gasteiger partial charge is 0.407 e. The van der Waals surface area contributed by atoms with Crippen LogP contribution < -0.4 is 10.9 Å². The molecule has 0 spiro atoms. The first-order valence-corrected chi connectivity index (χ1v) is 7.09. The van der Waals surface area contributed by atoms with E-state index < -0.39 is 11.7 Å². The second-order valence-corrected chi connectivity index (χ2v) is 5.97. The quantitative estimate of drug-likeness (QED) is 0.915. The molecule has 0 fully saturated rings. The molecule has 0 radical (unpaired) electrons. The van der Waals surface area contributed by atoms with E-state index in [1.807, 2.05) is 51.1 Å². The Kier molecular flexibility index (Phi) is 4.65. The Morgan fingerprint density at radius 3 is 2.77 bits per heavy atom. The number of amides is 1. The highest BCUT2D eigenvalue weighted by molar-refractivity contribution is 5.83. The minimum Gasteiger partial charge on any atom is -0.444 e. The first kappa shape index (κ1) is 15.8. The van der Waals surface area contributed by atoms with E-state index in [-0.39, 0.29) is 5.56 Å². The number of rotatable bonds is 3. The molecule has 0 aliphatic carbocycles. The SMILES string of the molecule is CC(C)(C)OC(=O)NCC=Cc1ccc2c[nH]c(=O)cc2c1. The summed E-state index contributed by atoms with van der Waals surface area (Å²) < 4.78 is 5.14. The van der Waals surface area contributed by atoms with Crippen molar-refractivity contribution in [1.82, 2.24) is 10.3 Å². The van der Waals surface area contributed by atoms with Crippen LogP contribution in [0.4, 0.5) is 4.79 Å². The van der Waals surface area contributed by atoms with Crippen LogP contribution in [0.3, 0.4) is 0 Å². The molecule has 1 heterocycles. The van der Waals surface area contributed by atoms with Gasteiger partial charge < -0.3 is 15.0 Å². The number of H-pyrrole nitrogens is 1. The zero-order valence-electron chi connectivity index (χ0n) is 13.0. The maximum absolute atomic E-state index is 11.5. The highest BCUT2D eigenvalue weighted by atomic mass is 16.6. The van der Waals surface area contributed by atoms with Crippen molar-refractivity contribution in [3.8, 4) is 0 Å². The summed E-state index contributed by atoms with van der Waals surface area (Å²) in [5.41, 5.74) is 0.337. The normalized spacial score (nSPS) is 11.8. The van der Waals surface area contributed by atoms with Crippen LogP contribution in [0.2, 0.25) is 0 Å². The number of benzene rings is 1. The summed E-state index contributed by atoms with van der Waals surface area (Å²) in [5, 5.41) is 4.51. The average Bonchev–Trinajstić information content (AvgIpc) is 2.41. The Hall–Kier alpha value is -2.56. The lowest BCUT2D eigenvalue weighted by Gasteiger charge is -2.19. The van der Waals surface area contributed by atoms with Crippen molar-refractivity contribution in [2.45, 2.75) is 26.4 Å². The first-order chi connectivity index (χ1) is 10.3. The number of carbonyl (C=O) groups excluding carboxylic acids is 1. The van der Waals surface area contributed by atoms with Gasteiger partial charge in [-0.05, 0) is 43.2 Å². The van der Waals surface area contributed by atoms with Crippen LogP contribution in [0, 0.1) is 0 Å². The Morgan fingerprint density at radius 1 is 1.27 bits per heavy atom. The third-order valence-electron chi connectivity index (χ3n) is 2.84. The maximum Gasteiger partial charge on any atom is 0.407 e. The maximum atomic E-state index is 11.5. The lowest BCUT2D eigenvalue weighted by atomic mass is 10.1. The molecule has 0 atom stereocenters. The third kappa shape index (κ3) is 4.77. The van der Waals surface area contributed by atoms with E-state index in [1.165, 1.54) is 0 Å². The Morgan fingerprint density at radius 2 is 2.05 bits per heavy atom. The van der Waals surface area contributed by atoms with E-state index in [4.69, 9.17) is 4.74 Å². The second kappa shape index (κ2) is 6.47. The highest BCUT2D eigenvalue weighted by Gasteiger charge is 2.14. The minimum absolute atomic E-state index is 0.125. The van der Waals surface area contributed by atoms with Crippen molar-refractivity contribution in [2.24, 2.45) is 0 Å². The molecule has 0 bridgehead atoms. The number of ether oxygens (including phenoxy) is 1. The van der Waals surface area contributed by atoms with Crippen LogP contribution in [0.1, 0.15) is 26.3 Å². The van der Waals surface area contributed by atoms with Gasteiger partial charge >= 0.3 is 6.09 Å². The molecule has 0 unspecified atom stereocenters. The fourth-order valence-electron chi connectivity index (χ4n) is 1.94. The molecule has 2 aromatic rings. The zero-order chi connectivity index (χ0) is 16.2. The number of nitrogens with one attached hydrogen (secondary N) is 2. The summed E-state index contributed by atoms with van der Waals surface area (Å²) in [5.74, 6) is 0. The van der Waals surface area contributed by atoms with Gasteiger partial charge in [-0.3, -0.25) is 4.79 Å². The molecule has 2 N–H and O–H groups in total. The van der Waals surface area contributed by atoms with Gasteiger partial charge in [-0.2, -0.15) is 0 Å². The number of aromatic amines is 1. The minimum atomic E-state index is -0.501. The fourth-order valence-corrected chi connectivity index (χ4v) is 1.94. The number of alkyl carbamates (subject to hydrolysis) is 1. The monoisotopic (exact) mass is 300 g/mol. The highest BCUT2D eigenvalue weighted by Crippen LogP contribution is 2.14. The Bertz CT molecular complexity index is 754. The molecule has 2 rings (SSSR count). The molecular formula is C17H20N2O3. The van der Waals surface area contributed by atoms with Gasteiger partial charge in [0.05, 0.1) is 0 Å². The summed E-state index contributed by atoms with van der Waals surface area (Å²) in [6.45, 7) is 5.83. The molecule has 1 amide bonds. The number of carbonyl (C=O) groups is 1. The fraction of sp³-hybridized carbons (Fsp3) is 0.294. The van der Waals surface area contributed by atoms with Gasteiger partial charge in [0, 0.05) is 18.8 Å². The van der Waals surface area contributed by atoms with Gasteiger partial charge in [0.15, 0.2) is 0 Å². The number of pyridine rings is 1. The van der Waals surface area contributed by atoms with E-state index in [9.17, 15) is 9.59 Å². The van der Waals surface area contributed by atoms with Crippen molar-refractivity contribution in [3.63, 3.8) is 0 Å². The lowest BCUT2D eigenvalue weighted by molar-refractivity contribution is 0.0534. The molecule has 0 aliphatic rings. The van der Waals surface area contributed by atoms with E-state index in [0.29, 0.717) is 6.54 Å². The van der Waals surface area contributed by atoms with Crippen LogP contribution in [-0.2, 0) is 4.74 Å². The lowest BCUT2D eigenvalue weighted by Crippen LogP contribution is -2.32. The van der Waals surface area contributed by atoms with E-state index in [1.54, 1.807) is 12.3 Å². The Labute approximate surface area is 129 Å². The van der Waals surface area contributed by atoms with E-state index in [0.717, 1.165) is 16.3 Å². The van der Waals surface area contributed by atoms with E-state index >= 15 is 0 Å². The molecule has 0 saturated carbocycles. The van der Waals surface area contributed by atoms with Crippen LogP contribution in [0.15, 0.2) is 41.3 Å². The van der Waals surface area contributed by atoms with Gasteiger partial charge in [-0.15, -0.1) is 0 Å². The zero-order valence-corrected chi connectivity index (χ0v) is 13.0. The molecule has 116 valence electrons. The summed E-state index contributed by atoms with van der Waals surface area (Å²) in [6.07, 6.45) is 4.97. The standard InChI is InChI=1S/C17H20N2O3/c1-17(2,3)22-16(21)18-8-4-5-12-6-7-13-11-19-15(20)10-14(13)9-12/h4-7,9-11H,8H2,1-3H3,(H,18,21)(H,19,20). The van der Waals surface area contributed by atoms with Crippen molar-refractivity contribution in [2.75, 3.05) is 6.54 Å². The summed E-state index contributed by atoms with van der Waals surface area (Å²) in [4.78, 5) is 25.4. The van der Waals surface area contributed by atoms with Crippen molar-refractivity contribution in [1.29, 1.82) is 0 Å². The van der Waals surface area contributed by atoms with Gasteiger partial charge in [0.2, 0.25) is 5.56 Å². The predicted octanol–water partition coefficient (Wildman–Crippen LogP) is 3.07. The van der Waals surface area contributed by atoms with Gasteiger partial charge in [0.25, 0.3) is 0 Å². The molecular weight excluding hydrogens is 280 g/mol. The number of aromatic nitrogens is 1. The number of hydrogen-bond acceptors (Lipinski definition) is 3. The first-order valence-electron chi connectivity index (χ1n) is 7.09. The molecule has 5 heteroatoms. The average molecular weight is 300 g/mol. The number of hydrogen-bond donors (Lipinski definition) is 2.